The Labute approximate surface area is 103 Å². The van der Waals surface area contributed by atoms with E-state index in [1.807, 2.05) is 39.1 Å². The van der Waals surface area contributed by atoms with Crippen LogP contribution >= 0.6 is 0 Å². The van der Waals surface area contributed by atoms with Crippen molar-refractivity contribution in [3.63, 3.8) is 0 Å². The molecule has 2 N–H and O–H groups in total. The van der Waals surface area contributed by atoms with E-state index in [-0.39, 0.29) is 6.10 Å². The second-order valence-corrected chi connectivity index (χ2v) is 4.47. The summed E-state index contributed by atoms with van der Waals surface area (Å²) < 4.78 is 5.32. The highest BCUT2D eigenvalue weighted by molar-refractivity contribution is 5.12. The van der Waals surface area contributed by atoms with Crippen LogP contribution in [-0.2, 0) is 11.3 Å². The van der Waals surface area contributed by atoms with E-state index in [4.69, 9.17) is 4.74 Å². The van der Waals surface area contributed by atoms with Crippen LogP contribution in [0.1, 0.15) is 25.1 Å². The second-order valence-electron chi connectivity index (χ2n) is 4.47. The molecule has 0 amide bonds. The summed E-state index contributed by atoms with van der Waals surface area (Å²) in [5, 5.41) is 12.8. The number of ether oxygens (including phenoxy) is 1. The lowest BCUT2D eigenvalue weighted by molar-refractivity contribution is 0.00630. The maximum atomic E-state index is 9.62. The monoisotopic (exact) mass is 238 g/mol. The number of aliphatic hydroxyl groups is 1. The van der Waals surface area contributed by atoms with Crippen molar-refractivity contribution < 1.29 is 9.84 Å². The van der Waals surface area contributed by atoms with Crippen LogP contribution in [0.15, 0.2) is 18.3 Å². The third-order valence-electron chi connectivity index (χ3n) is 2.30. The highest BCUT2D eigenvalue weighted by Gasteiger charge is 2.05. The predicted molar refractivity (Wildman–Crippen MR) is 67.8 cm³/mol. The minimum absolute atomic E-state index is 0.158. The summed E-state index contributed by atoms with van der Waals surface area (Å²) in [6.07, 6.45) is 1.54. The van der Waals surface area contributed by atoms with Gasteiger partial charge in [-0.25, -0.2) is 0 Å². The summed E-state index contributed by atoms with van der Waals surface area (Å²) in [4.78, 5) is 4.21. The first kappa shape index (κ1) is 14.1. The van der Waals surface area contributed by atoms with Gasteiger partial charge in [0.25, 0.3) is 0 Å². The molecule has 96 valence electrons. The Morgan fingerprint density at radius 2 is 2.18 bits per heavy atom. The Balaban J connectivity index is 2.16. The first-order chi connectivity index (χ1) is 8.08. The average molecular weight is 238 g/mol. The molecule has 1 aromatic heterocycles. The standard InChI is InChI=1S/C13H22N2O2/c1-10(2)17-9-13(16)8-14-6-12-5-4-11(3)15-7-12/h4-5,7,10,13-14,16H,6,8-9H2,1-3H3. The zero-order chi connectivity index (χ0) is 12.7. The van der Waals surface area contributed by atoms with Crippen molar-refractivity contribution in [3.8, 4) is 0 Å². The third kappa shape index (κ3) is 6.36. The number of hydrogen-bond acceptors (Lipinski definition) is 4. The predicted octanol–water partition coefficient (Wildman–Crippen LogP) is 1.27. The van der Waals surface area contributed by atoms with Crippen LogP contribution in [0.5, 0.6) is 0 Å². The maximum Gasteiger partial charge on any atom is 0.0897 e. The molecule has 1 heterocycles. The van der Waals surface area contributed by atoms with Crippen molar-refractivity contribution in [2.45, 2.75) is 39.5 Å². The van der Waals surface area contributed by atoms with Gasteiger partial charge in [-0.2, -0.15) is 0 Å². The van der Waals surface area contributed by atoms with Gasteiger partial charge in [0.15, 0.2) is 0 Å². The van der Waals surface area contributed by atoms with Gasteiger partial charge in [-0.05, 0) is 32.4 Å². The van der Waals surface area contributed by atoms with E-state index >= 15 is 0 Å². The van der Waals surface area contributed by atoms with E-state index in [0.717, 1.165) is 11.3 Å². The highest BCUT2D eigenvalue weighted by atomic mass is 16.5. The number of aliphatic hydroxyl groups excluding tert-OH is 1. The molecule has 0 aliphatic heterocycles. The number of nitrogens with zero attached hydrogens (tertiary/aromatic N) is 1. The van der Waals surface area contributed by atoms with Crippen molar-refractivity contribution in [2.24, 2.45) is 0 Å². The largest absolute Gasteiger partial charge is 0.389 e. The van der Waals surface area contributed by atoms with Crippen LogP contribution in [0, 0.1) is 6.92 Å². The molecule has 0 fully saturated rings. The van der Waals surface area contributed by atoms with Gasteiger partial charge in [-0.3, -0.25) is 4.98 Å². The summed E-state index contributed by atoms with van der Waals surface area (Å²) in [6.45, 7) is 7.49. The van der Waals surface area contributed by atoms with E-state index in [0.29, 0.717) is 19.7 Å². The van der Waals surface area contributed by atoms with Gasteiger partial charge in [-0.1, -0.05) is 6.07 Å². The van der Waals surface area contributed by atoms with Crippen LogP contribution in [-0.4, -0.2) is 35.5 Å². The molecule has 0 aliphatic rings. The molecule has 17 heavy (non-hydrogen) atoms. The van der Waals surface area contributed by atoms with Gasteiger partial charge in [0.2, 0.25) is 0 Å². The summed E-state index contributed by atoms with van der Waals surface area (Å²) in [6, 6.07) is 4.02. The Morgan fingerprint density at radius 3 is 2.76 bits per heavy atom. The normalized spacial score (nSPS) is 13.0. The first-order valence-corrected chi connectivity index (χ1v) is 6.00. The quantitative estimate of drug-likeness (QED) is 0.751. The van der Waals surface area contributed by atoms with Gasteiger partial charge in [0.1, 0.15) is 0 Å². The molecule has 0 aromatic carbocycles. The molecule has 1 unspecified atom stereocenters. The highest BCUT2D eigenvalue weighted by Crippen LogP contribution is 1.98. The van der Waals surface area contributed by atoms with Crippen LogP contribution in [0.3, 0.4) is 0 Å². The summed E-state index contributed by atoms with van der Waals surface area (Å²) in [5.41, 5.74) is 2.13. The Morgan fingerprint density at radius 1 is 1.41 bits per heavy atom. The number of aromatic nitrogens is 1. The SMILES string of the molecule is Cc1ccc(CNCC(O)COC(C)C)cn1. The number of aryl methyl sites for hydroxylation is 1. The summed E-state index contributed by atoms with van der Waals surface area (Å²) >= 11 is 0. The topological polar surface area (TPSA) is 54.4 Å². The average Bonchev–Trinajstić information content (AvgIpc) is 2.29. The van der Waals surface area contributed by atoms with E-state index < -0.39 is 6.10 Å². The minimum Gasteiger partial charge on any atom is -0.389 e. The zero-order valence-corrected chi connectivity index (χ0v) is 10.8. The lowest BCUT2D eigenvalue weighted by atomic mass is 10.2. The number of rotatable bonds is 7. The molecular formula is C13H22N2O2. The molecule has 1 rings (SSSR count). The van der Waals surface area contributed by atoms with Gasteiger partial charge in [-0.15, -0.1) is 0 Å². The van der Waals surface area contributed by atoms with Crippen LogP contribution in [0.4, 0.5) is 0 Å². The number of pyridine rings is 1. The molecule has 0 aliphatic carbocycles. The molecule has 0 saturated heterocycles. The van der Waals surface area contributed by atoms with Crippen molar-refractivity contribution >= 4 is 0 Å². The van der Waals surface area contributed by atoms with Gasteiger partial charge >= 0.3 is 0 Å². The molecule has 0 bridgehead atoms. The van der Waals surface area contributed by atoms with Crippen molar-refractivity contribution in [1.82, 2.24) is 10.3 Å². The lowest BCUT2D eigenvalue weighted by Crippen LogP contribution is -2.31. The third-order valence-corrected chi connectivity index (χ3v) is 2.30. The molecule has 4 nitrogen and oxygen atoms in total. The van der Waals surface area contributed by atoms with Crippen molar-refractivity contribution in [1.29, 1.82) is 0 Å². The van der Waals surface area contributed by atoms with Crippen molar-refractivity contribution in [3.05, 3.63) is 29.6 Å². The number of hydrogen-bond donors (Lipinski definition) is 2. The van der Waals surface area contributed by atoms with Gasteiger partial charge in [0, 0.05) is 25.0 Å². The summed E-state index contributed by atoms with van der Waals surface area (Å²) in [5.74, 6) is 0. The Bertz CT molecular complexity index is 312. The van der Waals surface area contributed by atoms with Crippen LogP contribution in [0.25, 0.3) is 0 Å². The molecule has 1 aromatic rings. The lowest BCUT2D eigenvalue weighted by Gasteiger charge is -2.14. The first-order valence-electron chi connectivity index (χ1n) is 6.00. The van der Waals surface area contributed by atoms with Crippen molar-refractivity contribution in [2.75, 3.05) is 13.2 Å². The molecule has 0 spiro atoms. The van der Waals surface area contributed by atoms with E-state index in [2.05, 4.69) is 10.3 Å². The van der Waals surface area contributed by atoms with E-state index in [1.165, 1.54) is 0 Å². The summed E-state index contributed by atoms with van der Waals surface area (Å²) in [7, 11) is 0. The number of nitrogens with one attached hydrogen (secondary N) is 1. The fourth-order valence-electron chi connectivity index (χ4n) is 1.35. The molecule has 4 heteroatoms. The van der Waals surface area contributed by atoms with Crippen LogP contribution < -0.4 is 5.32 Å². The fourth-order valence-corrected chi connectivity index (χ4v) is 1.35. The molecule has 0 radical (unpaired) electrons. The smallest absolute Gasteiger partial charge is 0.0897 e. The van der Waals surface area contributed by atoms with E-state index in [1.54, 1.807) is 0 Å². The van der Waals surface area contributed by atoms with Gasteiger partial charge < -0.3 is 15.2 Å². The maximum absolute atomic E-state index is 9.62. The van der Waals surface area contributed by atoms with E-state index in [9.17, 15) is 5.11 Å². The molecular weight excluding hydrogens is 216 g/mol. The van der Waals surface area contributed by atoms with Gasteiger partial charge in [0.05, 0.1) is 18.8 Å². The zero-order valence-electron chi connectivity index (χ0n) is 10.8. The second kappa shape index (κ2) is 7.37. The fraction of sp³-hybridized carbons (Fsp3) is 0.615. The molecule has 0 saturated carbocycles. The minimum atomic E-state index is -0.462. The van der Waals surface area contributed by atoms with Crippen LogP contribution in [0.2, 0.25) is 0 Å². The Kier molecular flexibility index (Phi) is 6.11. The molecule has 1 atom stereocenters. The Hall–Kier alpha value is -0.970.